The highest BCUT2D eigenvalue weighted by Gasteiger charge is 2.12. The smallest absolute Gasteiger partial charge is 0.259 e. The van der Waals surface area contributed by atoms with Gasteiger partial charge in [0.15, 0.2) is 0 Å². The zero-order chi connectivity index (χ0) is 14.1. The third kappa shape index (κ3) is 2.28. The van der Waals surface area contributed by atoms with Crippen molar-refractivity contribution in [3.05, 3.63) is 47.5 Å². The van der Waals surface area contributed by atoms with Gasteiger partial charge >= 0.3 is 0 Å². The number of aromatic nitrogens is 1. The first-order valence-electron chi connectivity index (χ1n) is 5.80. The predicted octanol–water partition coefficient (Wildman–Crippen LogP) is 2.96. The van der Waals surface area contributed by atoms with Crippen molar-refractivity contribution >= 4 is 33.1 Å². The van der Waals surface area contributed by atoms with Gasteiger partial charge < -0.3 is 15.5 Å². The highest BCUT2D eigenvalue weighted by molar-refractivity contribution is 7.16. The summed E-state index contributed by atoms with van der Waals surface area (Å²) in [7, 11) is 0. The van der Waals surface area contributed by atoms with Crippen LogP contribution < -0.4 is 5.32 Å². The van der Waals surface area contributed by atoms with E-state index in [1.54, 1.807) is 11.6 Å². The number of phenols is 2. The van der Waals surface area contributed by atoms with Crippen molar-refractivity contribution in [1.29, 1.82) is 0 Å². The first kappa shape index (κ1) is 12.4. The van der Waals surface area contributed by atoms with Gasteiger partial charge in [-0.2, -0.15) is 0 Å². The van der Waals surface area contributed by atoms with Crippen LogP contribution in [0.1, 0.15) is 10.4 Å². The minimum atomic E-state index is -0.484. The van der Waals surface area contributed by atoms with Crippen molar-refractivity contribution in [3.8, 4) is 11.5 Å². The molecule has 100 valence electrons. The van der Waals surface area contributed by atoms with Crippen LogP contribution in [0.5, 0.6) is 11.5 Å². The molecule has 0 aliphatic carbocycles. The Bertz CT molecular complexity index is 798. The molecule has 0 unspecified atom stereocenters. The van der Waals surface area contributed by atoms with Crippen LogP contribution in [0.3, 0.4) is 0 Å². The molecule has 0 fully saturated rings. The number of carbonyl (C=O) groups is 1. The van der Waals surface area contributed by atoms with Crippen LogP contribution in [0, 0.1) is 0 Å². The summed E-state index contributed by atoms with van der Waals surface area (Å²) in [5.74, 6) is -0.743. The number of nitrogens with one attached hydrogen (secondary N) is 1. The number of hydrogen-bond donors (Lipinski definition) is 3. The monoisotopic (exact) mass is 286 g/mol. The Kier molecular flexibility index (Phi) is 3.00. The molecule has 0 spiro atoms. The number of hydrogen-bond acceptors (Lipinski definition) is 5. The standard InChI is InChI=1S/C14H10N2O3S/c17-9-2-4-12(18)10(6-9)14(19)16-8-1-3-11-13(5-8)20-7-15-11/h1-7,17-18H,(H,16,19). The van der Waals surface area contributed by atoms with Gasteiger partial charge in [-0.15, -0.1) is 11.3 Å². The number of benzene rings is 2. The van der Waals surface area contributed by atoms with Crippen molar-refractivity contribution in [1.82, 2.24) is 4.98 Å². The number of anilines is 1. The summed E-state index contributed by atoms with van der Waals surface area (Å²) in [6.45, 7) is 0. The molecule has 0 saturated carbocycles. The van der Waals surface area contributed by atoms with Crippen LogP contribution in [-0.4, -0.2) is 21.1 Å². The number of thiazole rings is 1. The molecule has 0 aliphatic rings. The molecule has 2 aromatic carbocycles. The first-order chi connectivity index (χ1) is 9.63. The lowest BCUT2D eigenvalue weighted by molar-refractivity contribution is 0.102. The van der Waals surface area contributed by atoms with Gasteiger partial charge in [0, 0.05) is 5.69 Å². The summed E-state index contributed by atoms with van der Waals surface area (Å²) in [4.78, 5) is 16.2. The molecule has 0 radical (unpaired) electrons. The van der Waals surface area contributed by atoms with Gasteiger partial charge in [-0.1, -0.05) is 0 Å². The molecule has 0 saturated heterocycles. The molecule has 0 aliphatic heterocycles. The van der Waals surface area contributed by atoms with Crippen LogP contribution >= 0.6 is 11.3 Å². The second kappa shape index (κ2) is 4.82. The summed E-state index contributed by atoms with van der Waals surface area (Å²) < 4.78 is 0.961. The molecule has 20 heavy (non-hydrogen) atoms. The minimum Gasteiger partial charge on any atom is -0.508 e. The van der Waals surface area contributed by atoms with Crippen LogP contribution in [-0.2, 0) is 0 Å². The molecule has 1 heterocycles. The van der Waals surface area contributed by atoms with Gasteiger partial charge in [-0.05, 0) is 36.4 Å². The summed E-state index contributed by atoms with van der Waals surface area (Å²) in [6.07, 6.45) is 0. The molecule has 3 N–H and O–H groups in total. The van der Waals surface area contributed by atoms with Gasteiger partial charge in [-0.25, -0.2) is 4.98 Å². The molecule has 1 aromatic heterocycles. The van der Waals surface area contributed by atoms with Crippen molar-refractivity contribution < 1.29 is 15.0 Å². The number of amides is 1. The second-order valence-electron chi connectivity index (χ2n) is 4.19. The van der Waals surface area contributed by atoms with Crippen LogP contribution in [0.2, 0.25) is 0 Å². The fourth-order valence-corrected chi connectivity index (χ4v) is 2.55. The number of phenolic OH excluding ortho intramolecular Hbond substituents is 2. The Morgan fingerprint density at radius 1 is 1.15 bits per heavy atom. The topological polar surface area (TPSA) is 82.5 Å². The van der Waals surface area contributed by atoms with E-state index in [4.69, 9.17) is 0 Å². The van der Waals surface area contributed by atoms with Crippen molar-refractivity contribution in [2.45, 2.75) is 0 Å². The van der Waals surface area contributed by atoms with Gasteiger partial charge in [0.2, 0.25) is 0 Å². The SMILES string of the molecule is O=C(Nc1ccc2ncsc2c1)c1cc(O)ccc1O. The third-order valence-electron chi connectivity index (χ3n) is 2.81. The fourth-order valence-electron chi connectivity index (χ4n) is 1.84. The molecule has 3 aromatic rings. The van der Waals surface area contributed by atoms with E-state index >= 15 is 0 Å². The average Bonchev–Trinajstić information content (AvgIpc) is 2.89. The highest BCUT2D eigenvalue weighted by atomic mass is 32.1. The molecule has 3 rings (SSSR count). The Morgan fingerprint density at radius 2 is 2.00 bits per heavy atom. The number of nitrogens with zero attached hydrogens (tertiary/aromatic N) is 1. The summed E-state index contributed by atoms with van der Waals surface area (Å²) in [5, 5.41) is 21.7. The van der Waals surface area contributed by atoms with E-state index in [1.165, 1.54) is 29.5 Å². The fraction of sp³-hybridized carbons (Fsp3) is 0. The highest BCUT2D eigenvalue weighted by Crippen LogP contribution is 2.25. The van der Waals surface area contributed by atoms with E-state index in [2.05, 4.69) is 10.3 Å². The van der Waals surface area contributed by atoms with E-state index in [-0.39, 0.29) is 17.1 Å². The molecule has 6 heteroatoms. The van der Waals surface area contributed by atoms with E-state index in [9.17, 15) is 15.0 Å². The number of rotatable bonds is 2. The van der Waals surface area contributed by atoms with Crippen molar-refractivity contribution in [2.24, 2.45) is 0 Å². The Morgan fingerprint density at radius 3 is 2.85 bits per heavy atom. The third-order valence-corrected chi connectivity index (χ3v) is 3.61. The van der Waals surface area contributed by atoms with Crippen molar-refractivity contribution in [3.63, 3.8) is 0 Å². The minimum absolute atomic E-state index is 0.0226. The Labute approximate surface area is 118 Å². The zero-order valence-corrected chi connectivity index (χ0v) is 11.0. The van der Waals surface area contributed by atoms with Crippen LogP contribution in [0.25, 0.3) is 10.2 Å². The van der Waals surface area contributed by atoms with Crippen molar-refractivity contribution in [2.75, 3.05) is 5.32 Å². The van der Waals surface area contributed by atoms with Gasteiger partial charge in [-0.3, -0.25) is 4.79 Å². The largest absolute Gasteiger partial charge is 0.508 e. The van der Waals surface area contributed by atoms with Gasteiger partial charge in [0.1, 0.15) is 11.5 Å². The zero-order valence-electron chi connectivity index (χ0n) is 10.2. The number of aromatic hydroxyl groups is 2. The maximum absolute atomic E-state index is 12.1. The number of fused-ring (bicyclic) bond motifs is 1. The molecule has 5 nitrogen and oxygen atoms in total. The lowest BCUT2D eigenvalue weighted by Crippen LogP contribution is -2.11. The predicted molar refractivity (Wildman–Crippen MR) is 77.3 cm³/mol. The lowest BCUT2D eigenvalue weighted by Gasteiger charge is -2.07. The number of carbonyl (C=O) groups excluding carboxylic acids is 1. The van der Waals surface area contributed by atoms with Crippen LogP contribution in [0.15, 0.2) is 41.9 Å². The maximum Gasteiger partial charge on any atom is 0.259 e. The quantitative estimate of drug-likeness (QED) is 0.632. The summed E-state index contributed by atoms with van der Waals surface area (Å²) >= 11 is 1.48. The van der Waals surface area contributed by atoms with E-state index < -0.39 is 5.91 Å². The van der Waals surface area contributed by atoms with Gasteiger partial charge in [0.05, 0.1) is 21.3 Å². The maximum atomic E-state index is 12.1. The summed E-state index contributed by atoms with van der Waals surface area (Å²) in [5.41, 5.74) is 3.23. The van der Waals surface area contributed by atoms with E-state index in [1.807, 2.05) is 12.1 Å². The normalized spacial score (nSPS) is 10.6. The second-order valence-corrected chi connectivity index (χ2v) is 5.08. The Balaban J connectivity index is 1.89. The molecule has 0 bridgehead atoms. The summed E-state index contributed by atoms with van der Waals surface area (Å²) in [6, 6.07) is 9.16. The van der Waals surface area contributed by atoms with Crippen LogP contribution in [0.4, 0.5) is 5.69 Å². The lowest BCUT2D eigenvalue weighted by atomic mass is 10.1. The van der Waals surface area contributed by atoms with E-state index in [0.29, 0.717) is 5.69 Å². The molecular weight excluding hydrogens is 276 g/mol. The molecular formula is C14H10N2O3S. The Hall–Kier alpha value is -2.60. The molecule has 1 amide bonds. The van der Waals surface area contributed by atoms with Gasteiger partial charge in [0.25, 0.3) is 5.91 Å². The first-order valence-corrected chi connectivity index (χ1v) is 6.68. The molecule has 0 atom stereocenters. The van der Waals surface area contributed by atoms with E-state index in [0.717, 1.165) is 10.2 Å². The average molecular weight is 286 g/mol.